The molecule has 5 nitrogen and oxygen atoms in total. The predicted octanol–water partition coefficient (Wildman–Crippen LogP) is 2.02. The Balaban J connectivity index is 3.05. The van der Waals surface area contributed by atoms with Crippen LogP contribution in [-0.2, 0) is 10.0 Å². The Morgan fingerprint density at radius 1 is 1.15 bits per heavy atom. The zero-order valence-corrected chi connectivity index (χ0v) is 12.7. The highest BCUT2D eigenvalue weighted by Gasteiger charge is 2.23. The number of nitrogens with zero attached hydrogens (tertiary/aromatic N) is 1. The first-order valence-electron chi connectivity index (χ1n) is 6.65. The maximum atomic E-state index is 12.5. The van der Waals surface area contributed by atoms with Crippen LogP contribution in [0, 0.1) is 7.05 Å². The highest BCUT2D eigenvalue weighted by molar-refractivity contribution is 7.89. The molecule has 20 heavy (non-hydrogen) atoms. The van der Waals surface area contributed by atoms with Crippen LogP contribution in [-0.4, -0.2) is 31.7 Å². The normalized spacial score (nSPS) is 11.6. The lowest BCUT2D eigenvalue weighted by Crippen LogP contribution is -2.32. The van der Waals surface area contributed by atoms with Gasteiger partial charge in [0, 0.05) is 25.7 Å². The second-order valence-corrected chi connectivity index (χ2v) is 6.37. The van der Waals surface area contributed by atoms with E-state index >= 15 is 0 Å². The van der Waals surface area contributed by atoms with Crippen LogP contribution in [0.5, 0.6) is 0 Å². The monoisotopic (exact) mass is 297 g/mol. The molecule has 6 heteroatoms. The summed E-state index contributed by atoms with van der Waals surface area (Å²) in [5, 5.41) is 2.25. The van der Waals surface area contributed by atoms with E-state index in [0.717, 1.165) is 12.8 Å². The van der Waals surface area contributed by atoms with Crippen LogP contribution in [0.4, 0.5) is 0 Å². The Labute approximate surface area is 121 Å². The topological polar surface area (TPSA) is 66.5 Å². The Morgan fingerprint density at radius 2 is 1.65 bits per heavy atom. The van der Waals surface area contributed by atoms with E-state index in [1.807, 2.05) is 13.8 Å². The third-order valence-corrected chi connectivity index (χ3v) is 4.77. The number of nitrogens with one attached hydrogen (secondary N) is 1. The van der Waals surface area contributed by atoms with Crippen molar-refractivity contribution in [3.63, 3.8) is 0 Å². The van der Waals surface area contributed by atoms with Gasteiger partial charge in [0.15, 0.2) is 0 Å². The van der Waals surface area contributed by atoms with Gasteiger partial charge >= 0.3 is 0 Å². The smallest absolute Gasteiger partial charge is 0.251 e. The maximum Gasteiger partial charge on any atom is 0.251 e. The third kappa shape index (κ3) is 3.80. The van der Waals surface area contributed by atoms with Crippen molar-refractivity contribution < 1.29 is 13.2 Å². The van der Waals surface area contributed by atoms with Crippen LogP contribution < -0.4 is 5.32 Å². The Morgan fingerprint density at radius 3 is 2.05 bits per heavy atom. The zero-order valence-electron chi connectivity index (χ0n) is 11.9. The summed E-state index contributed by atoms with van der Waals surface area (Å²) < 4.78 is 26.4. The van der Waals surface area contributed by atoms with E-state index in [2.05, 4.69) is 12.4 Å². The van der Waals surface area contributed by atoms with E-state index in [0.29, 0.717) is 18.7 Å². The molecule has 0 heterocycles. The fraction of sp³-hybridized carbons (Fsp3) is 0.429. The number of benzene rings is 1. The van der Waals surface area contributed by atoms with Crippen molar-refractivity contribution >= 4 is 15.9 Å². The number of sulfonamides is 1. The van der Waals surface area contributed by atoms with Crippen LogP contribution in [0.1, 0.15) is 37.0 Å². The van der Waals surface area contributed by atoms with Crippen molar-refractivity contribution in [2.75, 3.05) is 13.1 Å². The van der Waals surface area contributed by atoms with Crippen molar-refractivity contribution in [2.45, 2.75) is 31.6 Å². The number of amides is 1. The summed E-state index contributed by atoms with van der Waals surface area (Å²) in [7, 11) is -0.204. The SMILES string of the molecule is [CH2]NC(=O)c1ccc(S(=O)(=O)N(CCC)CCC)cc1. The Bertz CT molecular complexity index is 532. The summed E-state index contributed by atoms with van der Waals surface area (Å²) in [5.74, 6) is -0.340. The molecule has 0 bridgehead atoms. The molecular formula is C14H21N2O3S. The largest absolute Gasteiger partial charge is 0.350 e. The predicted molar refractivity (Wildman–Crippen MR) is 78.6 cm³/mol. The van der Waals surface area contributed by atoms with Crippen LogP contribution in [0.25, 0.3) is 0 Å². The molecule has 1 rings (SSSR count). The van der Waals surface area contributed by atoms with Gasteiger partial charge in [-0.2, -0.15) is 4.31 Å². The van der Waals surface area contributed by atoms with E-state index in [-0.39, 0.29) is 10.8 Å². The first-order valence-corrected chi connectivity index (χ1v) is 8.09. The quantitative estimate of drug-likeness (QED) is 0.837. The van der Waals surface area contributed by atoms with Gasteiger partial charge in [-0.1, -0.05) is 13.8 Å². The van der Waals surface area contributed by atoms with E-state index in [1.54, 1.807) is 0 Å². The van der Waals surface area contributed by atoms with E-state index in [4.69, 9.17) is 0 Å². The van der Waals surface area contributed by atoms with Crippen molar-refractivity contribution in [3.8, 4) is 0 Å². The average Bonchev–Trinajstić information content (AvgIpc) is 2.46. The van der Waals surface area contributed by atoms with Crippen LogP contribution in [0.2, 0.25) is 0 Å². The molecule has 111 valence electrons. The van der Waals surface area contributed by atoms with Gasteiger partial charge in [-0.3, -0.25) is 4.79 Å². The molecule has 0 spiro atoms. The minimum atomic E-state index is -3.49. The highest BCUT2D eigenvalue weighted by atomic mass is 32.2. The number of carbonyl (C=O) groups is 1. The first kappa shape index (κ1) is 16.7. The zero-order chi connectivity index (χ0) is 15.2. The summed E-state index contributed by atoms with van der Waals surface area (Å²) >= 11 is 0. The fourth-order valence-electron chi connectivity index (χ4n) is 1.88. The van der Waals surface area contributed by atoms with Crippen molar-refractivity contribution in [3.05, 3.63) is 36.9 Å². The minimum Gasteiger partial charge on any atom is -0.350 e. The number of carbonyl (C=O) groups excluding carboxylic acids is 1. The molecular weight excluding hydrogens is 276 g/mol. The molecule has 0 aliphatic carbocycles. The van der Waals surface area contributed by atoms with Gasteiger partial charge in [-0.25, -0.2) is 8.42 Å². The van der Waals surface area contributed by atoms with Gasteiger partial charge in [-0.15, -0.1) is 0 Å². The molecule has 0 aliphatic heterocycles. The van der Waals surface area contributed by atoms with Crippen LogP contribution in [0.3, 0.4) is 0 Å². The Hall–Kier alpha value is -1.40. The molecule has 1 N–H and O–H groups in total. The van der Waals surface area contributed by atoms with Crippen molar-refractivity contribution in [1.82, 2.24) is 9.62 Å². The van der Waals surface area contributed by atoms with Crippen LogP contribution >= 0.6 is 0 Å². The first-order chi connectivity index (χ1) is 9.47. The summed E-state index contributed by atoms with van der Waals surface area (Å²) in [6.07, 6.45) is 1.53. The standard InChI is InChI=1S/C14H21N2O3S/c1-4-10-16(11-5-2)20(18,19)13-8-6-12(7-9-13)14(17)15-3/h6-9H,3-5,10-11H2,1-2H3,(H,15,17). The molecule has 1 amide bonds. The fourth-order valence-corrected chi connectivity index (χ4v) is 3.50. The lowest BCUT2D eigenvalue weighted by molar-refractivity contribution is 0.0969. The molecule has 0 aliphatic rings. The van der Waals surface area contributed by atoms with Gasteiger partial charge in [0.25, 0.3) is 5.91 Å². The lowest BCUT2D eigenvalue weighted by atomic mass is 10.2. The third-order valence-electron chi connectivity index (χ3n) is 2.86. The van der Waals surface area contributed by atoms with Crippen molar-refractivity contribution in [1.29, 1.82) is 0 Å². The van der Waals surface area contributed by atoms with Gasteiger partial charge in [0.05, 0.1) is 4.90 Å². The molecule has 1 aromatic carbocycles. The molecule has 0 unspecified atom stereocenters. The number of hydrogen-bond acceptors (Lipinski definition) is 3. The molecule has 0 aromatic heterocycles. The van der Waals surface area contributed by atoms with Crippen LogP contribution in [0.15, 0.2) is 29.2 Å². The van der Waals surface area contributed by atoms with Crippen molar-refractivity contribution in [2.24, 2.45) is 0 Å². The van der Waals surface area contributed by atoms with Gasteiger partial charge in [-0.05, 0) is 37.1 Å². The summed E-state index contributed by atoms with van der Waals surface area (Å²) in [4.78, 5) is 11.6. The van der Waals surface area contributed by atoms with Gasteiger partial charge < -0.3 is 5.32 Å². The van der Waals surface area contributed by atoms with Gasteiger partial charge in [0.1, 0.15) is 0 Å². The second-order valence-electron chi connectivity index (χ2n) is 4.43. The molecule has 1 radical (unpaired) electrons. The second kappa shape index (κ2) is 7.40. The maximum absolute atomic E-state index is 12.5. The van der Waals surface area contributed by atoms with E-state index < -0.39 is 10.0 Å². The highest BCUT2D eigenvalue weighted by Crippen LogP contribution is 2.17. The van der Waals surface area contributed by atoms with Gasteiger partial charge in [0.2, 0.25) is 10.0 Å². The lowest BCUT2D eigenvalue weighted by Gasteiger charge is -2.21. The molecule has 0 fully saturated rings. The average molecular weight is 297 g/mol. The molecule has 0 saturated heterocycles. The summed E-state index contributed by atoms with van der Waals surface area (Å²) in [5.41, 5.74) is 0.386. The molecule has 1 aromatic rings. The molecule has 0 saturated carbocycles. The van der Waals surface area contributed by atoms with E-state index in [9.17, 15) is 13.2 Å². The van der Waals surface area contributed by atoms with E-state index in [1.165, 1.54) is 28.6 Å². The summed E-state index contributed by atoms with van der Waals surface area (Å²) in [6.45, 7) is 4.88. The summed E-state index contributed by atoms with van der Waals surface area (Å²) in [6, 6.07) is 5.89. The molecule has 0 atom stereocenters. The minimum absolute atomic E-state index is 0.208. The Kier molecular flexibility index (Phi) is 6.16. The number of hydrogen-bond donors (Lipinski definition) is 1. The number of rotatable bonds is 7.